The first-order chi connectivity index (χ1) is 8.08. The summed E-state index contributed by atoms with van der Waals surface area (Å²) in [7, 11) is 0. The van der Waals surface area contributed by atoms with Crippen LogP contribution in [0, 0.1) is 12.7 Å². The fraction of sp³-hybridized carbons (Fsp3) is 0.250. The van der Waals surface area contributed by atoms with Gasteiger partial charge in [-0.2, -0.15) is 0 Å². The molecule has 0 aliphatic carbocycles. The Bertz CT molecular complexity index is 510. The fourth-order valence-corrected chi connectivity index (χ4v) is 1.91. The van der Waals surface area contributed by atoms with E-state index in [9.17, 15) is 4.39 Å². The minimum absolute atomic E-state index is 0.115. The second kappa shape index (κ2) is 4.70. The number of hydrogen-bond donors (Lipinski definition) is 0. The monoisotopic (exact) mass is 228 g/mol. The predicted molar refractivity (Wildman–Crippen MR) is 70.7 cm³/mol. The van der Waals surface area contributed by atoms with Gasteiger partial charge in [-0.1, -0.05) is 49.7 Å². The van der Waals surface area contributed by atoms with E-state index >= 15 is 0 Å². The van der Waals surface area contributed by atoms with Crippen molar-refractivity contribution in [2.24, 2.45) is 0 Å². The third kappa shape index (κ3) is 2.55. The normalized spacial score (nSPS) is 10.9. The van der Waals surface area contributed by atoms with Gasteiger partial charge < -0.3 is 0 Å². The van der Waals surface area contributed by atoms with Gasteiger partial charge in [0.2, 0.25) is 0 Å². The summed E-state index contributed by atoms with van der Waals surface area (Å²) in [4.78, 5) is 0. The van der Waals surface area contributed by atoms with Crippen LogP contribution in [0.5, 0.6) is 0 Å². The molecule has 0 bridgehead atoms. The van der Waals surface area contributed by atoms with Gasteiger partial charge in [-0.3, -0.25) is 0 Å². The molecule has 2 rings (SSSR count). The van der Waals surface area contributed by atoms with Crippen LogP contribution in [0.2, 0.25) is 0 Å². The zero-order valence-corrected chi connectivity index (χ0v) is 10.5. The third-order valence-corrected chi connectivity index (χ3v) is 3.00. The molecule has 0 saturated carbocycles. The van der Waals surface area contributed by atoms with E-state index in [0.717, 1.165) is 16.7 Å². The lowest BCUT2D eigenvalue weighted by molar-refractivity contribution is 0.598. The van der Waals surface area contributed by atoms with Crippen LogP contribution in [0.4, 0.5) is 4.39 Å². The van der Waals surface area contributed by atoms with Crippen molar-refractivity contribution < 1.29 is 4.39 Å². The summed E-state index contributed by atoms with van der Waals surface area (Å²) < 4.78 is 13.6. The van der Waals surface area contributed by atoms with Gasteiger partial charge in [-0.25, -0.2) is 4.39 Å². The summed E-state index contributed by atoms with van der Waals surface area (Å²) in [6, 6.07) is 13.7. The van der Waals surface area contributed by atoms with Crippen LogP contribution in [-0.4, -0.2) is 0 Å². The van der Waals surface area contributed by atoms with E-state index < -0.39 is 0 Å². The molecule has 0 nitrogen and oxygen atoms in total. The summed E-state index contributed by atoms with van der Waals surface area (Å²) in [6.07, 6.45) is 0. The maximum atomic E-state index is 13.6. The van der Waals surface area contributed by atoms with Crippen molar-refractivity contribution in [3.8, 4) is 11.1 Å². The van der Waals surface area contributed by atoms with Crippen molar-refractivity contribution >= 4 is 0 Å². The maximum Gasteiger partial charge on any atom is 0.126 e. The highest BCUT2D eigenvalue weighted by Crippen LogP contribution is 2.26. The summed E-state index contributed by atoms with van der Waals surface area (Å²) in [6.45, 7) is 6.09. The van der Waals surface area contributed by atoms with E-state index in [2.05, 4.69) is 31.2 Å². The van der Waals surface area contributed by atoms with E-state index in [0.29, 0.717) is 0 Å². The Balaban J connectivity index is 2.46. The molecular formula is C16H17F. The van der Waals surface area contributed by atoms with Crippen molar-refractivity contribution in [1.82, 2.24) is 0 Å². The van der Waals surface area contributed by atoms with Gasteiger partial charge in [0.05, 0.1) is 0 Å². The molecule has 2 aromatic rings. The molecule has 1 heteroatoms. The maximum absolute atomic E-state index is 13.6. The molecule has 0 atom stereocenters. The summed E-state index contributed by atoms with van der Waals surface area (Å²) in [5, 5.41) is 0. The largest absolute Gasteiger partial charge is 0.207 e. The zero-order valence-electron chi connectivity index (χ0n) is 10.5. The van der Waals surface area contributed by atoms with Gasteiger partial charge in [0.25, 0.3) is 0 Å². The molecular weight excluding hydrogens is 211 g/mol. The number of benzene rings is 2. The van der Waals surface area contributed by atoms with E-state index in [-0.39, 0.29) is 11.7 Å². The van der Waals surface area contributed by atoms with Crippen molar-refractivity contribution in [1.29, 1.82) is 0 Å². The number of aryl methyl sites for hydroxylation is 1. The van der Waals surface area contributed by atoms with Gasteiger partial charge >= 0.3 is 0 Å². The van der Waals surface area contributed by atoms with Crippen LogP contribution >= 0.6 is 0 Å². The van der Waals surface area contributed by atoms with Gasteiger partial charge in [-0.15, -0.1) is 0 Å². The molecule has 0 heterocycles. The Hall–Kier alpha value is -1.63. The third-order valence-electron chi connectivity index (χ3n) is 3.00. The van der Waals surface area contributed by atoms with E-state index in [1.54, 1.807) is 6.07 Å². The quantitative estimate of drug-likeness (QED) is 0.684. The average molecular weight is 228 g/mol. The number of halogens is 1. The van der Waals surface area contributed by atoms with Crippen molar-refractivity contribution in [2.75, 3.05) is 0 Å². The topological polar surface area (TPSA) is 0 Å². The van der Waals surface area contributed by atoms with Crippen LogP contribution in [-0.2, 0) is 0 Å². The van der Waals surface area contributed by atoms with E-state index in [1.165, 1.54) is 5.56 Å². The zero-order chi connectivity index (χ0) is 12.4. The Labute approximate surface area is 102 Å². The van der Waals surface area contributed by atoms with Crippen LogP contribution in [0.1, 0.15) is 30.9 Å². The highest BCUT2D eigenvalue weighted by atomic mass is 19.1. The Morgan fingerprint density at radius 2 is 1.47 bits per heavy atom. The van der Waals surface area contributed by atoms with Crippen LogP contribution < -0.4 is 0 Å². The van der Waals surface area contributed by atoms with Crippen LogP contribution in [0.15, 0.2) is 42.5 Å². The molecule has 0 saturated heterocycles. The van der Waals surface area contributed by atoms with Crippen molar-refractivity contribution in [3.63, 3.8) is 0 Å². The molecule has 0 N–H and O–H groups in total. The SMILES string of the molecule is Cc1ccc(-c2ccc(F)c(C(C)C)c2)cc1. The predicted octanol–water partition coefficient (Wildman–Crippen LogP) is 4.92. The van der Waals surface area contributed by atoms with Gasteiger partial charge in [-0.05, 0) is 41.7 Å². The first-order valence-corrected chi connectivity index (χ1v) is 5.94. The smallest absolute Gasteiger partial charge is 0.126 e. The lowest BCUT2D eigenvalue weighted by Gasteiger charge is -2.10. The number of hydrogen-bond acceptors (Lipinski definition) is 0. The highest BCUT2D eigenvalue weighted by Gasteiger charge is 2.08. The van der Waals surface area contributed by atoms with Crippen LogP contribution in [0.25, 0.3) is 11.1 Å². The fourth-order valence-electron chi connectivity index (χ4n) is 1.91. The van der Waals surface area contributed by atoms with Gasteiger partial charge in [0.15, 0.2) is 0 Å². The molecule has 0 aliphatic rings. The van der Waals surface area contributed by atoms with Gasteiger partial charge in [0.1, 0.15) is 5.82 Å². The molecule has 0 fully saturated rings. The first-order valence-electron chi connectivity index (χ1n) is 5.94. The molecule has 0 radical (unpaired) electrons. The summed E-state index contributed by atoms with van der Waals surface area (Å²) in [5.41, 5.74) is 4.23. The van der Waals surface area contributed by atoms with Gasteiger partial charge in [0, 0.05) is 0 Å². The minimum atomic E-state index is -0.115. The highest BCUT2D eigenvalue weighted by molar-refractivity contribution is 5.64. The molecule has 0 aliphatic heterocycles. The Kier molecular flexibility index (Phi) is 3.28. The molecule has 0 aromatic heterocycles. The van der Waals surface area contributed by atoms with Crippen LogP contribution in [0.3, 0.4) is 0 Å². The lowest BCUT2D eigenvalue weighted by atomic mass is 9.96. The molecule has 0 spiro atoms. The molecule has 88 valence electrons. The molecule has 2 aromatic carbocycles. The average Bonchev–Trinajstić information content (AvgIpc) is 2.30. The lowest BCUT2D eigenvalue weighted by Crippen LogP contribution is -1.93. The van der Waals surface area contributed by atoms with Crippen molar-refractivity contribution in [2.45, 2.75) is 26.7 Å². The van der Waals surface area contributed by atoms with E-state index in [1.807, 2.05) is 26.0 Å². The number of rotatable bonds is 2. The Morgan fingerprint density at radius 3 is 2.06 bits per heavy atom. The molecule has 0 amide bonds. The second-order valence-electron chi connectivity index (χ2n) is 4.76. The minimum Gasteiger partial charge on any atom is -0.207 e. The second-order valence-corrected chi connectivity index (χ2v) is 4.76. The van der Waals surface area contributed by atoms with Crippen molar-refractivity contribution in [3.05, 3.63) is 59.4 Å². The molecule has 0 unspecified atom stereocenters. The first kappa shape index (κ1) is 11.8. The standard InChI is InChI=1S/C16H17F/c1-11(2)15-10-14(8-9-16(15)17)13-6-4-12(3)5-7-13/h4-11H,1-3H3. The summed E-state index contributed by atoms with van der Waals surface area (Å²) >= 11 is 0. The Morgan fingerprint density at radius 1 is 0.882 bits per heavy atom. The van der Waals surface area contributed by atoms with E-state index in [4.69, 9.17) is 0 Å². The molecule has 17 heavy (non-hydrogen) atoms. The summed E-state index contributed by atoms with van der Waals surface area (Å²) in [5.74, 6) is 0.0938.